The van der Waals surface area contributed by atoms with Crippen molar-refractivity contribution in [3.63, 3.8) is 0 Å². The number of imidazole rings is 1. The number of nitrogens with one attached hydrogen (secondary N) is 1. The zero-order valence-electron chi connectivity index (χ0n) is 14.7. The number of benzene rings is 1. The molecular formula is C19H25N5O. The lowest BCUT2D eigenvalue weighted by Crippen LogP contribution is -2.45. The molecule has 6 heteroatoms. The number of carbonyl (C=O) groups excluding carboxylic acids is 1. The number of rotatable bonds is 3. The lowest BCUT2D eigenvalue weighted by Gasteiger charge is -2.27. The minimum atomic E-state index is 0.0171. The Kier molecular flexibility index (Phi) is 4.34. The molecule has 1 saturated heterocycles. The Labute approximate surface area is 148 Å². The summed E-state index contributed by atoms with van der Waals surface area (Å²) in [5.74, 6) is 0.903. The van der Waals surface area contributed by atoms with Crippen LogP contribution in [-0.4, -0.2) is 46.2 Å². The van der Waals surface area contributed by atoms with Gasteiger partial charge in [0.15, 0.2) is 0 Å². The average Bonchev–Trinajstić information content (AvgIpc) is 3.17. The number of urea groups is 1. The summed E-state index contributed by atoms with van der Waals surface area (Å²) in [5.41, 5.74) is 2.75. The van der Waals surface area contributed by atoms with Gasteiger partial charge >= 0.3 is 6.03 Å². The van der Waals surface area contributed by atoms with E-state index in [4.69, 9.17) is 0 Å². The van der Waals surface area contributed by atoms with E-state index in [1.807, 2.05) is 11.1 Å². The molecule has 1 fully saturated rings. The van der Waals surface area contributed by atoms with Crippen LogP contribution in [-0.2, 0) is 19.5 Å². The molecule has 1 atom stereocenters. The van der Waals surface area contributed by atoms with Gasteiger partial charge in [-0.1, -0.05) is 18.2 Å². The van der Waals surface area contributed by atoms with Crippen LogP contribution in [0.3, 0.4) is 0 Å². The molecule has 2 aliphatic heterocycles. The molecule has 1 aromatic heterocycles. The Balaban J connectivity index is 1.40. The zero-order chi connectivity index (χ0) is 17.2. The summed E-state index contributed by atoms with van der Waals surface area (Å²) in [4.78, 5) is 21.4. The van der Waals surface area contributed by atoms with Crippen LogP contribution in [0.15, 0.2) is 36.7 Å². The van der Waals surface area contributed by atoms with E-state index in [-0.39, 0.29) is 6.03 Å². The molecule has 6 nitrogen and oxygen atoms in total. The second-order valence-corrected chi connectivity index (χ2v) is 6.77. The third-order valence-corrected chi connectivity index (χ3v) is 5.28. The quantitative estimate of drug-likeness (QED) is 0.933. The Morgan fingerprint density at radius 1 is 1.32 bits per heavy atom. The van der Waals surface area contributed by atoms with Crippen molar-refractivity contribution in [2.75, 3.05) is 24.5 Å². The fraction of sp³-hybridized carbons (Fsp3) is 0.474. The summed E-state index contributed by atoms with van der Waals surface area (Å²) < 4.78 is 2.05. The van der Waals surface area contributed by atoms with Crippen molar-refractivity contribution in [3.8, 4) is 0 Å². The number of hydrogen-bond donors (Lipinski definition) is 1. The molecule has 1 N–H and O–H groups in total. The molecule has 2 aromatic rings. The third-order valence-electron chi connectivity index (χ3n) is 5.28. The predicted molar refractivity (Wildman–Crippen MR) is 97.6 cm³/mol. The van der Waals surface area contributed by atoms with Crippen molar-refractivity contribution in [3.05, 3.63) is 48.0 Å². The minimum Gasteiger partial charge on any atom is -0.366 e. The van der Waals surface area contributed by atoms with Crippen molar-refractivity contribution < 1.29 is 4.79 Å². The molecule has 0 bridgehead atoms. The van der Waals surface area contributed by atoms with Gasteiger partial charge in [-0.2, -0.15) is 0 Å². The minimum absolute atomic E-state index is 0.0171. The normalized spacial score (nSPS) is 19.3. The van der Waals surface area contributed by atoms with Crippen LogP contribution >= 0.6 is 0 Å². The maximum absolute atomic E-state index is 12.7. The smallest absolute Gasteiger partial charge is 0.317 e. The number of aromatic nitrogens is 2. The fourth-order valence-corrected chi connectivity index (χ4v) is 4.01. The summed E-state index contributed by atoms with van der Waals surface area (Å²) in [6.45, 7) is 6.03. The van der Waals surface area contributed by atoms with E-state index < -0.39 is 0 Å². The largest absolute Gasteiger partial charge is 0.366 e. The van der Waals surface area contributed by atoms with Crippen LogP contribution in [0.1, 0.15) is 24.7 Å². The molecule has 0 aliphatic carbocycles. The molecule has 0 radical (unpaired) electrons. The van der Waals surface area contributed by atoms with Crippen molar-refractivity contribution in [2.45, 2.75) is 38.9 Å². The number of nitrogens with zero attached hydrogens (tertiary/aromatic N) is 4. The maximum atomic E-state index is 12.7. The lowest BCUT2D eigenvalue weighted by molar-refractivity contribution is 0.197. The van der Waals surface area contributed by atoms with E-state index in [9.17, 15) is 4.79 Å². The van der Waals surface area contributed by atoms with Crippen LogP contribution in [0.2, 0.25) is 0 Å². The number of para-hydroxylation sites is 1. The summed E-state index contributed by atoms with van der Waals surface area (Å²) >= 11 is 0. The standard InChI is InChI=1S/C19H25N5O/c1-2-22-11-8-20-18(22)13-21-19(25)23-9-5-10-24-16(14-23)12-15-6-3-4-7-17(15)24/h3-4,6-8,11,16H,2,5,9-10,12-14H2,1H3,(H,21,25)/t16-/m0/s1. The second-order valence-electron chi connectivity index (χ2n) is 6.77. The highest BCUT2D eigenvalue weighted by molar-refractivity contribution is 5.74. The molecule has 1 aromatic carbocycles. The Morgan fingerprint density at radius 2 is 2.20 bits per heavy atom. The van der Waals surface area contributed by atoms with E-state index in [1.54, 1.807) is 6.20 Å². The topological polar surface area (TPSA) is 53.4 Å². The van der Waals surface area contributed by atoms with Crippen LogP contribution in [0.5, 0.6) is 0 Å². The van der Waals surface area contributed by atoms with Crippen LogP contribution in [0, 0.1) is 0 Å². The van der Waals surface area contributed by atoms with Crippen LogP contribution in [0.4, 0.5) is 10.5 Å². The Bertz CT molecular complexity index is 756. The average molecular weight is 339 g/mol. The monoisotopic (exact) mass is 339 g/mol. The molecule has 2 amide bonds. The van der Waals surface area contributed by atoms with Crippen molar-refractivity contribution in [1.29, 1.82) is 0 Å². The highest BCUT2D eigenvalue weighted by Gasteiger charge is 2.33. The number of carbonyl (C=O) groups is 1. The van der Waals surface area contributed by atoms with Gasteiger partial charge in [0.05, 0.1) is 12.6 Å². The highest BCUT2D eigenvalue weighted by Crippen LogP contribution is 2.33. The molecule has 132 valence electrons. The lowest BCUT2D eigenvalue weighted by atomic mass is 10.1. The van der Waals surface area contributed by atoms with Crippen molar-refractivity contribution in [1.82, 2.24) is 19.8 Å². The number of anilines is 1. The van der Waals surface area contributed by atoms with Crippen molar-refractivity contribution in [2.24, 2.45) is 0 Å². The first-order chi connectivity index (χ1) is 12.3. The van der Waals surface area contributed by atoms with Gasteiger partial charge in [0, 0.05) is 44.3 Å². The van der Waals surface area contributed by atoms with E-state index in [0.29, 0.717) is 12.6 Å². The van der Waals surface area contributed by atoms with Gasteiger partial charge in [-0.25, -0.2) is 9.78 Å². The highest BCUT2D eigenvalue weighted by atomic mass is 16.2. The van der Waals surface area contributed by atoms with Gasteiger partial charge in [0.2, 0.25) is 0 Å². The summed E-state index contributed by atoms with van der Waals surface area (Å²) in [5, 5.41) is 3.04. The molecule has 4 rings (SSSR count). The van der Waals surface area contributed by atoms with Crippen LogP contribution in [0.25, 0.3) is 0 Å². The first-order valence-electron chi connectivity index (χ1n) is 9.13. The fourth-order valence-electron chi connectivity index (χ4n) is 4.01. The molecule has 2 aliphatic rings. The number of aryl methyl sites for hydroxylation is 1. The Morgan fingerprint density at radius 3 is 3.08 bits per heavy atom. The summed E-state index contributed by atoms with van der Waals surface area (Å²) in [6, 6.07) is 9.03. The van der Waals surface area contributed by atoms with Gasteiger partial charge in [0.25, 0.3) is 0 Å². The van der Waals surface area contributed by atoms with Crippen molar-refractivity contribution >= 4 is 11.7 Å². The number of hydrogen-bond acceptors (Lipinski definition) is 3. The summed E-state index contributed by atoms with van der Waals surface area (Å²) in [6.07, 6.45) is 5.76. The summed E-state index contributed by atoms with van der Waals surface area (Å²) in [7, 11) is 0. The second kappa shape index (κ2) is 6.78. The van der Waals surface area contributed by atoms with Gasteiger partial charge < -0.3 is 19.7 Å². The van der Waals surface area contributed by atoms with Gasteiger partial charge in [-0.3, -0.25) is 0 Å². The molecular weight excluding hydrogens is 314 g/mol. The SMILES string of the molecule is CCn1ccnc1CNC(=O)N1CCCN2c3ccccc3C[C@H]2C1. The van der Waals surface area contributed by atoms with E-state index in [0.717, 1.165) is 44.8 Å². The third kappa shape index (κ3) is 3.08. The van der Waals surface area contributed by atoms with E-state index in [2.05, 4.69) is 51.0 Å². The maximum Gasteiger partial charge on any atom is 0.317 e. The number of amides is 2. The number of fused-ring (bicyclic) bond motifs is 3. The molecule has 0 saturated carbocycles. The molecule has 0 unspecified atom stereocenters. The van der Waals surface area contributed by atoms with Gasteiger partial charge in [-0.15, -0.1) is 0 Å². The predicted octanol–water partition coefficient (Wildman–Crippen LogP) is 2.25. The molecule has 3 heterocycles. The molecule has 25 heavy (non-hydrogen) atoms. The Hall–Kier alpha value is -2.50. The zero-order valence-corrected chi connectivity index (χ0v) is 14.7. The van der Waals surface area contributed by atoms with Gasteiger partial charge in [-0.05, 0) is 31.4 Å². The first-order valence-corrected chi connectivity index (χ1v) is 9.13. The molecule has 0 spiro atoms. The van der Waals surface area contributed by atoms with E-state index >= 15 is 0 Å². The first kappa shape index (κ1) is 16.0. The van der Waals surface area contributed by atoms with Crippen LogP contribution < -0.4 is 10.2 Å². The van der Waals surface area contributed by atoms with E-state index in [1.165, 1.54) is 11.3 Å². The van der Waals surface area contributed by atoms with Gasteiger partial charge in [0.1, 0.15) is 5.82 Å².